The van der Waals surface area contributed by atoms with Gasteiger partial charge in [0.2, 0.25) is 0 Å². The van der Waals surface area contributed by atoms with Crippen LogP contribution in [0.1, 0.15) is 34.7 Å². The van der Waals surface area contributed by atoms with E-state index in [0.29, 0.717) is 29.1 Å². The lowest BCUT2D eigenvalue weighted by Crippen LogP contribution is -2.29. The number of halogens is 2. The monoisotopic (exact) mass is 582 g/mol. The Kier molecular flexibility index (Phi) is 7.24. The Morgan fingerprint density at radius 2 is 2.00 bits per heavy atom. The molecule has 9 heteroatoms. The minimum atomic E-state index is -0.109. The molecule has 0 aliphatic carbocycles. The molecule has 1 fully saturated rings. The van der Waals surface area contributed by atoms with E-state index in [-0.39, 0.29) is 12.1 Å². The second-order valence-electron chi connectivity index (χ2n) is 7.56. The van der Waals surface area contributed by atoms with Gasteiger partial charge in [0, 0.05) is 39.5 Å². The van der Waals surface area contributed by atoms with Crippen LogP contribution < -0.4 is 15.0 Å². The Hall–Kier alpha value is -1.88. The number of rotatable bonds is 7. The first-order valence-electron chi connectivity index (χ1n) is 10.2. The Bertz CT molecular complexity index is 1120. The van der Waals surface area contributed by atoms with E-state index >= 15 is 0 Å². The largest absolute Gasteiger partial charge is 0.490 e. The molecule has 0 amide bonds. The van der Waals surface area contributed by atoms with Gasteiger partial charge in [-0.3, -0.25) is 4.98 Å². The van der Waals surface area contributed by atoms with Crippen molar-refractivity contribution >= 4 is 57.2 Å². The van der Waals surface area contributed by atoms with Crippen molar-refractivity contribution in [2.75, 3.05) is 25.2 Å². The van der Waals surface area contributed by atoms with Crippen LogP contribution in [0.2, 0.25) is 5.02 Å². The van der Waals surface area contributed by atoms with Gasteiger partial charge in [0.15, 0.2) is 5.11 Å². The lowest BCUT2D eigenvalue weighted by molar-refractivity contribution is 0.146. The van der Waals surface area contributed by atoms with Crippen molar-refractivity contribution in [3.8, 4) is 5.75 Å². The number of nitrogens with one attached hydrogen (secondary N) is 2. The molecule has 0 radical (unpaired) electrons. The fourth-order valence-corrected chi connectivity index (χ4v) is 5.47. The molecule has 2 aromatic heterocycles. The van der Waals surface area contributed by atoms with E-state index in [4.69, 9.17) is 33.3 Å². The van der Waals surface area contributed by atoms with Crippen molar-refractivity contribution < 1.29 is 9.47 Å². The van der Waals surface area contributed by atoms with Gasteiger partial charge in [-0.25, -0.2) is 0 Å². The minimum absolute atomic E-state index is 0.0921. The smallest absolute Gasteiger partial charge is 0.174 e. The summed E-state index contributed by atoms with van der Waals surface area (Å²) in [6.45, 7) is 5.11. The zero-order valence-corrected chi connectivity index (χ0v) is 21.7. The first-order chi connectivity index (χ1) is 15.4. The minimum Gasteiger partial charge on any atom is -0.490 e. The van der Waals surface area contributed by atoms with Crippen molar-refractivity contribution in [1.29, 1.82) is 0 Å². The van der Waals surface area contributed by atoms with Gasteiger partial charge in [-0.2, -0.15) is 0 Å². The second-order valence-corrected chi connectivity index (χ2v) is 9.43. The van der Waals surface area contributed by atoms with Crippen LogP contribution in [-0.2, 0) is 4.74 Å². The molecular weight excluding hydrogens is 559 g/mol. The summed E-state index contributed by atoms with van der Waals surface area (Å²) < 4.78 is 12.0. The summed E-state index contributed by atoms with van der Waals surface area (Å²) in [5.41, 5.74) is 5.27. The average Bonchev–Trinajstić information content (AvgIpc) is 3.24. The van der Waals surface area contributed by atoms with Gasteiger partial charge in [0.1, 0.15) is 12.4 Å². The van der Waals surface area contributed by atoms with Crippen molar-refractivity contribution in [3.63, 3.8) is 0 Å². The summed E-state index contributed by atoms with van der Waals surface area (Å²) in [6, 6.07) is 11.5. The molecule has 2 N–H and O–H groups in total. The third-order valence-electron chi connectivity index (χ3n) is 5.48. The van der Waals surface area contributed by atoms with Crippen molar-refractivity contribution in [2.45, 2.75) is 25.9 Å². The molecule has 0 unspecified atom stereocenters. The zero-order chi connectivity index (χ0) is 22.8. The SMILES string of the molecule is COCCOc1ccc(N2C(=S)N[C@H](c3ccccn3)[C@H]2c2c(C)[nH]c(C)c2I)cc1Cl. The number of nitrogens with zero attached hydrogens (tertiary/aromatic N) is 2. The maximum Gasteiger partial charge on any atom is 0.174 e. The van der Waals surface area contributed by atoms with Gasteiger partial charge in [-0.05, 0) is 79.0 Å². The molecule has 168 valence electrons. The number of ether oxygens (including phenoxy) is 2. The number of aromatic amines is 1. The van der Waals surface area contributed by atoms with Gasteiger partial charge in [0.05, 0.1) is 29.4 Å². The van der Waals surface area contributed by atoms with Crippen molar-refractivity contribution in [2.24, 2.45) is 0 Å². The van der Waals surface area contributed by atoms with Crippen LogP contribution in [0, 0.1) is 17.4 Å². The maximum absolute atomic E-state index is 6.57. The molecule has 3 heterocycles. The van der Waals surface area contributed by atoms with Crippen LogP contribution in [0.4, 0.5) is 5.69 Å². The number of pyridine rings is 1. The lowest BCUT2D eigenvalue weighted by atomic mass is 9.96. The van der Waals surface area contributed by atoms with E-state index in [2.05, 4.69) is 56.6 Å². The molecule has 4 rings (SSSR count). The van der Waals surface area contributed by atoms with Crippen LogP contribution in [0.25, 0.3) is 0 Å². The van der Waals surface area contributed by atoms with E-state index in [1.165, 1.54) is 9.13 Å². The summed E-state index contributed by atoms with van der Waals surface area (Å²) in [7, 11) is 1.64. The first kappa shape index (κ1) is 23.3. The van der Waals surface area contributed by atoms with Crippen molar-refractivity contribution in [1.82, 2.24) is 15.3 Å². The summed E-state index contributed by atoms with van der Waals surface area (Å²) in [5.74, 6) is 0.617. The first-order valence-corrected chi connectivity index (χ1v) is 12.1. The number of thiocarbonyl (C=S) groups is 1. The Morgan fingerprint density at radius 3 is 2.62 bits per heavy atom. The molecule has 0 saturated carbocycles. The molecule has 6 nitrogen and oxygen atoms in total. The fraction of sp³-hybridized carbons (Fsp3) is 0.304. The highest BCUT2D eigenvalue weighted by Crippen LogP contribution is 2.45. The normalized spacial score (nSPS) is 18.2. The molecule has 3 aromatic rings. The fourth-order valence-electron chi connectivity index (χ4n) is 4.04. The van der Waals surface area contributed by atoms with Gasteiger partial charge in [0.25, 0.3) is 0 Å². The maximum atomic E-state index is 6.57. The molecule has 1 aromatic carbocycles. The number of aryl methyl sites for hydroxylation is 2. The summed E-state index contributed by atoms with van der Waals surface area (Å²) in [5, 5.41) is 4.65. The predicted molar refractivity (Wildman–Crippen MR) is 140 cm³/mol. The Balaban J connectivity index is 1.77. The number of H-pyrrole nitrogens is 1. The number of benzene rings is 1. The van der Waals surface area contributed by atoms with Crippen LogP contribution in [0.3, 0.4) is 0 Å². The van der Waals surface area contributed by atoms with Crippen molar-refractivity contribution in [3.05, 3.63) is 73.8 Å². The molecule has 1 aliphatic heterocycles. The third kappa shape index (κ3) is 4.46. The summed E-state index contributed by atoms with van der Waals surface area (Å²) in [6.07, 6.45) is 1.81. The zero-order valence-electron chi connectivity index (χ0n) is 18.0. The molecule has 2 atom stereocenters. The van der Waals surface area contributed by atoms with Gasteiger partial charge >= 0.3 is 0 Å². The highest BCUT2D eigenvalue weighted by molar-refractivity contribution is 14.1. The van der Waals surface area contributed by atoms with E-state index in [9.17, 15) is 0 Å². The topological polar surface area (TPSA) is 62.4 Å². The van der Waals surface area contributed by atoms with Crippen LogP contribution in [0.15, 0.2) is 42.6 Å². The average molecular weight is 583 g/mol. The summed E-state index contributed by atoms with van der Waals surface area (Å²) in [4.78, 5) is 10.2. The van der Waals surface area contributed by atoms with E-state index in [0.717, 1.165) is 22.8 Å². The number of hydrogen-bond donors (Lipinski definition) is 2. The number of aromatic nitrogens is 2. The van der Waals surface area contributed by atoms with E-state index < -0.39 is 0 Å². The van der Waals surface area contributed by atoms with Crippen LogP contribution in [-0.4, -0.2) is 35.4 Å². The van der Waals surface area contributed by atoms with Gasteiger partial charge in [-0.1, -0.05) is 17.7 Å². The standard InChI is InChI=1S/C23H24ClIN4O2S/c1-13-19(20(25)14(2)27-13)22-21(17-6-4-5-9-26-17)28-23(32)29(22)15-7-8-18(16(24)12-15)31-11-10-30-3/h4-9,12,21-22,27H,10-11H2,1-3H3,(H,28,32)/t21-,22-/m1/s1. The number of methoxy groups -OCH3 is 1. The van der Waals surface area contributed by atoms with Gasteiger partial charge in [-0.15, -0.1) is 0 Å². The second kappa shape index (κ2) is 9.94. The molecule has 32 heavy (non-hydrogen) atoms. The molecule has 0 bridgehead atoms. The quantitative estimate of drug-likeness (QED) is 0.218. The van der Waals surface area contributed by atoms with E-state index in [1.807, 2.05) is 42.6 Å². The van der Waals surface area contributed by atoms with E-state index in [1.54, 1.807) is 7.11 Å². The lowest BCUT2D eigenvalue weighted by Gasteiger charge is -2.29. The molecular formula is C23H24ClIN4O2S. The van der Waals surface area contributed by atoms with Crippen LogP contribution in [0.5, 0.6) is 5.75 Å². The molecule has 0 spiro atoms. The molecule has 1 aliphatic rings. The number of hydrogen-bond acceptors (Lipinski definition) is 4. The summed E-state index contributed by atoms with van der Waals surface area (Å²) >= 11 is 14.8. The Morgan fingerprint density at radius 1 is 1.19 bits per heavy atom. The number of anilines is 1. The molecule has 1 saturated heterocycles. The van der Waals surface area contributed by atoms with Gasteiger partial charge < -0.3 is 24.7 Å². The highest BCUT2D eigenvalue weighted by Gasteiger charge is 2.43. The third-order valence-corrected chi connectivity index (χ3v) is 7.48. The predicted octanol–water partition coefficient (Wildman–Crippen LogP) is 5.49. The Labute approximate surface area is 211 Å². The highest BCUT2D eigenvalue weighted by atomic mass is 127. The van der Waals surface area contributed by atoms with Crippen LogP contribution >= 0.6 is 46.4 Å².